The maximum absolute atomic E-state index is 13.2. The number of ether oxygens (including phenoxy) is 1. The first-order valence-corrected chi connectivity index (χ1v) is 10.2. The lowest BCUT2D eigenvalue weighted by molar-refractivity contribution is -0.118. The van der Waals surface area contributed by atoms with Crippen LogP contribution >= 0.6 is 0 Å². The number of halogens is 1. The molecule has 2 aromatic carbocycles. The van der Waals surface area contributed by atoms with Crippen LogP contribution in [0.15, 0.2) is 73.1 Å². The number of aromatic nitrogens is 1. The van der Waals surface area contributed by atoms with Crippen molar-refractivity contribution < 1.29 is 18.7 Å². The topological polar surface area (TPSA) is 80.3 Å². The van der Waals surface area contributed by atoms with Gasteiger partial charge in [0, 0.05) is 24.5 Å². The zero-order valence-electron chi connectivity index (χ0n) is 18.3. The maximum atomic E-state index is 13.2. The smallest absolute Gasteiger partial charge is 0.408 e. The fourth-order valence-corrected chi connectivity index (χ4v) is 3.04. The molecule has 2 N–H and O–H groups in total. The summed E-state index contributed by atoms with van der Waals surface area (Å²) in [7, 11) is 0. The number of nitrogens with zero attached hydrogens (tertiary/aromatic N) is 1. The number of hydrogen-bond donors (Lipinski definition) is 2. The van der Waals surface area contributed by atoms with E-state index in [0.29, 0.717) is 11.3 Å². The Balaban J connectivity index is 1.73. The van der Waals surface area contributed by atoms with Crippen LogP contribution in [0.5, 0.6) is 0 Å². The van der Waals surface area contributed by atoms with E-state index in [2.05, 4.69) is 15.6 Å². The van der Waals surface area contributed by atoms with E-state index in [1.54, 1.807) is 57.4 Å². The average molecular weight is 435 g/mol. The van der Waals surface area contributed by atoms with E-state index in [1.807, 2.05) is 24.3 Å². The molecule has 0 aliphatic carbocycles. The molecule has 3 aromatic rings. The highest BCUT2D eigenvalue weighted by Gasteiger charge is 2.25. The molecule has 3 rings (SSSR count). The molecule has 0 unspecified atom stereocenters. The molecule has 2 amide bonds. The summed E-state index contributed by atoms with van der Waals surface area (Å²) < 4.78 is 18.5. The molecule has 0 spiro atoms. The molecule has 0 radical (unpaired) electrons. The van der Waals surface area contributed by atoms with Gasteiger partial charge in [0.05, 0.1) is 0 Å². The molecule has 1 aromatic heterocycles. The highest BCUT2D eigenvalue weighted by molar-refractivity contribution is 5.97. The van der Waals surface area contributed by atoms with Gasteiger partial charge >= 0.3 is 6.09 Å². The maximum Gasteiger partial charge on any atom is 0.408 e. The minimum Gasteiger partial charge on any atom is -0.444 e. The number of nitrogens with one attached hydrogen (secondary N) is 2. The van der Waals surface area contributed by atoms with Gasteiger partial charge in [0.15, 0.2) is 0 Å². The van der Waals surface area contributed by atoms with E-state index < -0.39 is 23.6 Å². The van der Waals surface area contributed by atoms with E-state index in [-0.39, 0.29) is 12.2 Å². The molecule has 166 valence electrons. The molecule has 0 saturated carbocycles. The van der Waals surface area contributed by atoms with Gasteiger partial charge in [-0.25, -0.2) is 9.18 Å². The molecule has 32 heavy (non-hydrogen) atoms. The Bertz CT molecular complexity index is 1050. The van der Waals surface area contributed by atoms with Gasteiger partial charge in [-0.3, -0.25) is 9.78 Å². The lowest BCUT2D eigenvalue weighted by Gasteiger charge is -2.23. The second kappa shape index (κ2) is 10.0. The molecule has 7 heteroatoms. The fourth-order valence-electron chi connectivity index (χ4n) is 3.04. The number of pyridine rings is 1. The van der Waals surface area contributed by atoms with Crippen LogP contribution in [0.25, 0.3) is 11.1 Å². The van der Waals surface area contributed by atoms with Crippen molar-refractivity contribution in [2.45, 2.75) is 38.8 Å². The van der Waals surface area contributed by atoms with E-state index in [0.717, 1.165) is 11.1 Å². The lowest BCUT2D eigenvalue weighted by Crippen LogP contribution is -2.47. The number of carbonyl (C=O) groups is 2. The normalized spacial score (nSPS) is 12.0. The van der Waals surface area contributed by atoms with Gasteiger partial charge in [0.25, 0.3) is 0 Å². The largest absolute Gasteiger partial charge is 0.444 e. The predicted octanol–water partition coefficient (Wildman–Crippen LogP) is 4.96. The Morgan fingerprint density at radius 2 is 1.53 bits per heavy atom. The van der Waals surface area contributed by atoms with E-state index >= 15 is 0 Å². The molecule has 0 bridgehead atoms. The summed E-state index contributed by atoms with van der Waals surface area (Å²) in [5.74, 6) is -0.777. The van der Waals surface area contributed by atoms with Gasteiger partial charge in [-0.1, -0.05) is 24.3 Å². The van der Waals surface area contributed by atoms with Gasteiger partial charge in [0.2, 0.25) is 5.91 Å². The van der Waals surface area contributed by atoms with Crippen molar-refractivity contribution >= 4 is 17.7 Å². The Labute approximate surface area is 186 Å². The Kier molecular flexibility index (Phi) is 7.20. The molecular formula is C25H26FN3O3. The molecule has 0 saturated heterocycles. The van der Waals surface area contributed by atoms with Crippen LogP contribution in [0.3, 0.4) is 0 Å². The Morgan fingerprint density at radius 3 is 2.12 bits per heavy atom. The second-order valence-electron chi connectivity index (χ2n) is 8.33. The van der Waals surface area contributed by atoms with Crippen LogP contribution in [0.2, 0.25) is 0 Å². The number of alkyl carbamates (subject to hydrolysis) is 1. The van der Waals surface area contributed by atoms with Gasteiger partial charge in [-0.2, -0.15) is 0 Å². The highest BCUT2D eigenvalue weighted by Crippen LogP contribution is 2.21. The molecular weight excluding hydrogens is 409 g/mol. The third kappa shape index (κ3) is 6.91. The number of anilines is 1. The van der Waals surface area contributed by atoms with Crippen molar-refractivity contribution in [3.8, 4) is 11.1 Å². The summed E-state index contributed by atoms with van der Waals surface area (Å²) in [6, 6.07) is 16.0. The first-order valence-electron chi connectivity index (χ1n) is 10.2. The van der Waals surface area contributed by atoms with Crippen molar-refractivity contribution in [1.29, 1.82) is 0 Å². The molecule has 0 aliphatic rings. The van der Waals surface area contributed by atoms with Crippen LogP contribution in [0, 0.1) is 5.82 Å². The van der Waals surface area contributed by atoms with Crippen LogP contribution in [-0.2, 0) is 16.0 Å². The highest BCUT2D eigenvalue weighted by atomic mass is 19.1. The molecule has 6 nitrogen and oxygen atoms in total. The number of carbonyl (C=O) groups excluding carboxylic acids is 2. The zero-order chi connectivity index (χ0) is 23.1. The minimum absolute atomic E-state index is 0.181. The lowest BCUT2D eigenvalue weighted by atomic mass is 10.0. The zero-order valence-corrected chi connectivity index (χ0v) is 18.3. The fraction of sp³-hybridized carbons (Fsp3) is 0.240. The summed E-state index contributed by atoms with van der Waals surface area (Å²) in [5.41, 5.74) is 2.58. The van der Waals surface area contributed by atoms with Crippen LogP contribution < -0.4 is 10.6 Å². The van der Waals surface area contributed by atoms with Gasteiger partial charge in [0.1, 0.15) is 17.5 Å². The monoisotopic (exact) mass is 435 g/mol. The Hall–Kier alpha value is -3.74. The molecule has 1 heterocycles. The quantitative estimate of drug-likeness (QED) is 0.573. The number of rotatable bonds is 6. The molecule has 1 atom stereocenters. The third-order valence-electron chi connectivity index (χ3n) is 4.53. The molecule has 0 aliphatic heterocycles. The first kappa shape index (κ1) is 22.9. The van der Waals surface area contributed by atoms with Gasteiger partial charge in [-0.15, -0.1) is 0 Å². The van der Waals surface area contributed by atoms with Crippen LogP contribution in [-0.4, -0.2) is 28.6 Å². The van der Waals surface area contributed by atoms with Crippen molar-refractivity contribution in [3.05, 3.63) is 84.4 Å². The minimum atomic E-state index is -0.907. The van der Waals surface area contributed by atoms with Gasteiger partial charge in [-0.05, 0) is 73.9 Å². The predicted molar refractivity (Wildman–Crippen MR) is 122 cm³/mol. The van der Waals surface area contributed by atoms with Crippen molar-refractivity contribution in [3.63, 3.8) is 0 Å². The summed E-state index contributed by atoms with van der Waals surface area (Å²) in [6.45, 7) is 5.23. The first-order chi connectivity index (χ1) is 15.2. The van der Waals surface area contributed by atoms with Gasteiger partial charge < -0.3 is 15.4 Å². The number of benzene rings is 2. The van der Waals surface area contributed by atoms with Crippen LogP contribution in [0.4, 0.5) is 14.9 Å². The van der Waals surface area contributed by atoms with Crippen molar-refractivity contribution in [2.75, 3.05) is 5.32 Å². The Morgan fingerprint density at radius 1 is 0.938 bits per heavy atom. The van der Waals surface area contributed by atoms with Crippen molar-refractivity contribution in [1.82, 2.24) is 10.3 Å². The third-order valence-corrected chi connectivity index (χ3v) is 4.53. The summed E-state index contributed by atoms with van der Waals surface area (Å²) >= 11 is 0. The molecule has 0 fully saturated rings. The van der Waals surface area contributed by atoms with E-state index in [1.165, 1.54) is 12.1 Å². The van der Waals surface area contributed by atoms with E-state index in [9.17, 15) is 14.0 Å². The van der Waals surface area contributed by atoms with E-state index in [4.69, 9.17) is 4.74 Å². The summed E-state index contributed by atoms with van der Waals surface area (Å²) in [5, 5.41) is 5.44. The number of amides is 2. The second-order valence-corrected chi connectivity index (χ2v) is 8.33. The average Bonchev–Trinajstić information content (AvgIpc) is 2.74. The number of hydrogen-bond acceptors (Lipinski definition) is 4. The van der Waals surface area contributed by atoms with Crippen LogP contribution in [0.1, 0.15) is 26.3 Å². The van der Waals surface area contributed by atoms with Crippen molar-refractivity contribution in [2.24, 2.45) is 0 Å². The standard InChI is InChI=1S/C25H26FN3O3/c1-25(2,3)32-24(31)29-22(16-17-4-8-20(26)9-5-17)23(30)28-21-10-6-18(7-11-21)19-12-14-27-15-13-19/h4-15,22H,16H2,1-3H3,(H,28,30)(H,29,31)/t22-/m0/s1. The summed E-state index contributed by atoms with van der Waals surface area (Å²) in [4.78, 5) is 29.3. The SMILES string of the molecule is CC(C)(C)OC(=O)N[C@@H](Cc1ccc(F)cc1)C(=O)Nc1ccc(-c2ccncc2)cc1. The summed E-state index contributed by atoms with van der Waals surface area (Å²) in [6.07, 6.45) is 2.91.